The van der Waals surface area contributed by atoms with Crippen molar-refractivity contribution in [2.24, 2.45) is 0 Å². The van der Waals surface area contributed by atoms with Gasteiger partial charge in [-0.3, -0.25) is 10.1 Å². The molecule has 1 N–H and O–H groups in total. The van der Waals surface area contributed by atoms with Crippen LogP contribution >= 0.6 is 0 Å². The molecule has 1 aromatic carbocycles. The lowest BCUT2D eigenvalue weighted by molar-refractivity contribution is -0.385. The Morgan fingerprint density at radius 1 is 1.18 bits per heavy atom. The van der Waals surface area contributed by atoms with E-state index in [2.05, 4.69) is 10.3 Å². The second-order valence-electron chi connectivity index (χ2n) is 4.87. The fraction of sp³-hybridized carbons (Fsp3) is 0.214. The Kier molecular flexibility index (Phi) is 4.41. The number of nitrogens with one attached hydrogen (secondary N) is 1. The third kappa shape index (κ3) is 3.79. The second-order valence-corrected chi connectivity index (χ2v) is 6.88. The molecule has 1 atom stereocenters. The summed E-state index contributed by atoms with van der Waals surface area (Å²) in [5.74, 6) is 0.505. The first-order chi connectivity index (χ1) is 10.3. The molecule has 116 valence electrons. The number of hydrogen-bond donors (Lipinski definition) is 1. The average molecular weight is 321 g/mol. The number of nitro groups is 1. The third-order valence-corrected chi connectivity index (χ3v) is 4.26. The number of sulfone groups is 1. The Balaban J connectivity index is 2.11. The van der Waals surface area contributed by atoms with Crippen LogP contribution in [0.2, 0.25) is 0 Å². The highest BCUT2D eigenvalue weighted by Gasteiger charge is 2.11. The number of hydrogen-bond acceptors (Lipinski definition) is 6. The molecule has 0 amide bonds. The topological polar surface area (TPSA) is 102 Å². The molecular weight excluding hydrogens is 306 g/mol. The lowest BCUT2D eigenvalue weighted by Gasteiger charge is -2.15. The average Bonchev–Trinajstić information content (AvgIpc) is 2.47. The molecule has 0 aliphatic carbocycles. The van der Waals surface area contributed by atoms with E-state index in [0.29, 0.717) is 5.82 Å². The van der Waals surface area contributed by atoms with Crippen molar-refractivity contribution < 1.29 is 13.3 Å². The minimum atomic E-state index is -3.21. The first-order valence-corrected chi connectivity index (χ1v) is 8.33. The summed E-state index contributed by atoms with van der Waals surface area (Å²) in [6, 6.07) is 9.31. The zero-order valence-corrected chi connectivity index (χ0v) is 12.9. The molecule has 0 aliphatic heterocycles. The molecular formula is C14H15N3O4S. The molecule has 1 aromatic heterocycles. The van der Waals surface area contributed by atoms with Gasteiger partial charge in [-0.2, -0.15) is 0 Å². The van der Waals surface area contributed by atoms with E-state index in [1.807, 2.05) is 6.92 Å². The number of pyridine rings is 1. The van der Waals surface area contributed by atoms with Crippen LogP contribution in [-0.2, 0) is 9.84 Å². The van der Waals surface area contributed by atoms with Gasteiger partial charge in [-0.05, 0) is 30.7 Å². The van der Waals surface area contributed by atoms with Gasteiger partial charge >= 0.3 is 0 Å². The van der Waals surface area contributed by atoms with Crippen molar-refractivity contribution in [2.75, 3.05) is 11.6 Å². The molecule has 7 nitrogen and oxygen atoms in total. The summed E-state index contributed by atoms with van der Waals surface area (Å²) in [4.78, 5) is 14.3. The van der Waals surface area contributed by atoms with Gasteiger partial charge in [-0.25, -0.2) is 13.4 Å². The van der Waals surface area contributed by atoms with Crippen molar-refractivity contribution in [2.45, 2.75) is 17.9 Å². The smallest absolute Gasteiger partial charge is 0.287 e. The van der Waals surface area contributed by atoms with Gasteiger partial charge in [0.15, 0.2) is 9.84 Å². The van der Waals surface area contributed by atoms with Gasteiger partial charge < -0.3 is 5.32 Å². The van der Waals surface area contributed by atoms with Crippen LogP contribution < -0.4 is 5.32 Å². The summed E-state index contributed by atoms with van der Waals surface area (Å²) in [6.07, 6.45) is 2.34. The molecule has 1 heterocycles. The van der Waals surface area contributed by atoms with E-state index in [0.717, 1.165) is 11.8 Å². The Hall–Kier alpha value is -2.48. The lowest BCUT2D eigenvalue weighted by Crippen LogP contribution is -2.08. The first-order valence-electron chi connectivity index (χ1n) is 6.44. The number of nitrogens with zero attached hydrogens (tertiary/aromatic N) is 2. The van der Waals surface area contributed by atoms with Crippen LogP contribution in [-0.4, -0.2) is 24.6 Å². The maximum atomic E-state index is 11.4. The molecule has 8 heteroatoms. The van der Waals surface area contributed by atoms with E-state index < -0.39 is 14.8 Å². The highest BCUT2D eigenvalue weighted by molar-refractivity contribution is 7.90. The molecule has 0 bridgehead atoms. The molecule has 2 rings (SSSR count). The molecule has 0 aliphatic rings. The molecule has 0 fully saturated rings. The Labute approximate surface area is 128 Å². The van der Waals surface area contributed by atoms with E-state index >= 15 is 0 Å². The van der Waals surface area contributed by atoms with E-state index in [1.54, 1.807) is 24.3 Å². The monoisotopic (exact) mass is 321 g/mol. The van der Waals surface area contributed by atoms with Gasteiger partial charge in [0.25, 0.3) is 5.69 Å². The first kappa shape index (κ1) is 15.9. The van der Waals surface area contributed by atoms with E-state index in [4.69, 9.17) is 0 Å². The highest BCUT2D eigenvalue weighted by atomic mass is 32.2. The van der Waals surface area contributed by atoms with Crippen LogP contribution in [0.4, 0.5) is 11.5 Å². The Bertz CT molecular complexity index is 771. The molecule has 0 radical (unpaired) electrons. The van der Waals surface area contributed by atoms with Crippen LogP contribution in [0, 0.1) is 10.1 Å². The largest absolute Gasteiger partial charge is 0.364 e. The predicted molar refractivity (Wildman–Crippen MR) is 82.5 cm³/mol. The number of aromatic nitrogens is 1. The SMILES string of the molecule is CC(Nc1ccc([N+](=O)[O-])cn1)c1ccc(S(C)(=O)=O)cc1. The quantitative estimate of drug-likeness (QED) is 0.670. The summed E-state index contributed by atoms with van der Waals surface area (Å²) >= 11 is 0. The summed E-state index contributed by atoms with van der Waals surface area (Å²) in [5, 5.41) is 13.7. The van der Waals surface area contributed by atoms with Crippen molar-refractivity contribution in [1.82, 2.24) is 4.98 Å². The molecule has 0 saturated heterocycles. The van der Waals surface area contributed by atoms with Crippen molar-refractivity contribution in [1.29, 1.82) is 0 Å². The standard InChI is InChI=1S/C14H15N3O4S/c1-10(11-3-6-13(7-4-11)22(2,20)21)16-14-8-5-12(9-15-14)17(18)19/h3-10H,1-2H3,(H,15,16). The zero-order valence-electron chi connectivity index (χ0n) is 12.1. The normalized spacial score (nSPS) is 12.6. The second kappa shape index (κ2) is 6.10. The Morgan fingerprint density at radius 3 is 2.27 bits per heavy atom. The summed E-state index contributed by atoms with van der Waals surface area (Å²) in [5.41, 5.74) is 0.809. The van der Waals surface area contributed by atoms with E-state index in [9.17, 15) is 18.5 Å². The summed E-state index contributed by atoms with van der Waals surface area (Å²) in [7, 11) is -3.21. The summed E-state index contributed by atoms with van der Waals surface area (Å²) < 4.78 is 22.8. The molecule has 1 unspecified atom stereocenters. The van der Waals surface area contributed by atoms with E-state index in [1.165, 1.54) is 18.3 Å². The van der Waals surface area contributed by atoms with Gasteiger partial charge in [0.1, 0.15) is 12.0 Å². The maximum absolute atomic E-state index is 11.4. The fourth-order valence-electron chi connectivity index (χ4n) is 1.89. The van der Waals surface area contributed by atoms with Gasteiger partial charge in [-0.1, -0.05) is 12.1 Å². The number of anilines is 1. The maximum Gasteiger partial charge on any atom is 0.287 e. The van der Waals surface area contributed by atoms with Gasteiger partial charge in [-0.15, -0.1) is 0 Å². The van der Waals surface area contributed by atoms with Gasteiger partial charge in [0.05, 0.1) is 9.82 Å². The fourth-order valence-corrected chi connectivity index (χ4v) is 2.52. The predicted octanol–water partition coefficient (Wildman–Crippen LogP) is 2.57. The van der Waals surface area contributed by atoms with Crippen molar-refractivity contribution >= 4 is 21.3 Å². The highest BCUT2D eigenvalue weighted by Crippen LogP contribution is 2.21. The molecule has 0 spiro atoms. The van der Waals surface area contributed by atoms with Crippen molar-refractivity contribution in [3.63, 3.8) is 0 Å². The molecule has 22 heavy (non-hydrogen) atoms. The minimum absolute atomic E-state index is 0.0734. The van der Waals surface area contributed by atoms with Crippen molar-refractivity contribution in [3.8, 4) is 0 Å². The minimum Gasteiger partial charge on any atom is -0.364 e. The van der Waals surface area contributed by atoms with Gasteiger partial charge in [0, 0.05) is 18.4 Å². The number of rotatable bonds is 5. The van der Waals surface area contributed by atoms with Crippen LogP contribution in [0.15, 0.2) is 47.5 Å². The van der Waals surface area contributed by atoms with E-state index in [-0.39, 0.29) is 16.6 Å². The van der Waals surface area contributed by atoms with Crippen LogP contribution in [0.1, 0.15) is 18.5 Å². The van der Waals surface area contributed by atoms with Gasteiger partial charge in [0.2, 0.25) is 0 Å². The van der Waals surface area contributed by atoms with Crippen LogP contribution in [0.3, 0.4) is 0 Å². The molecule has 0 saturated carbocycles. The summed E-state index contributed by atoms with van der Waals surface area (Å²) in [6.45, 7) is 1.89. The lowest BCUT2D eigenvalue weighted by atomic mass is 10.1. The zero-order chi connectivity index (χ0) is 16.3. The third-order valence-electron chi connectivity index (χ3n) is 3.13. The van der Waals surface area contributed by atoms with Crippen molar-refractivity contribution in [3.05, 3.63) is 58.3 Å². The Morgan fingerprint density at radius 2 is 1.82 bits per heavy atom. The van der Waals surface area contributed by atoms with Crippen LogP contribution in [0.5, 0.6) is 0 Å². The van der Waals surface area contributed by atoms with Crippen LogP contribution in [0.25, 0.3) is 0 Å². The number of benzene rings is 1. The molecule has 2 aromatic rings.